The molecule has 0 aliphatic heterocycles. The average Bonchev–Trinajstić information content (AvgIpc) is 3.27. The van der Waals surface area contributed by atoms with E-state index in [-0.39, 0.29) is 0 Å². The first-order chi connectivity index (χ1) is 17.2. The molecule has 7 aromatic rings. The van der Waals surface area contributed by atoms with Crippen molar-refractivity contribution in [1.82, 2.24) is 4.98 Å². The van der Waals surface area contributed by atoms with Crippen molar-refractivity contribution in [2.75, 3.05) is 0 Å². The molecule has 0 saturated heterocycles. The predicted octanol–water partition coefficient (Wildman–Crippen LogP) is 8.00. The minimum atomic E-state index is 0.973. The number of rotatable bonds is 3. The molecule has 166 valence electrons. The van der Waals surface area contributed by atoms with Gasteiger partial charge in [-0.2, -0.15) is 0 Å². The van der Waals surface area contributed by atoms with E-state index in [2.05, 4.69) is 130 Å². The molecule has 0 radical (unpaired) electrons. The van der Waals surface area contributed by atoms with Gasteiger partial charge in [0.05, 0.1) is 10.8 Å². The standard InChI is InChI=1S/C29H17I2N3S/c30-33-16-2-1-9-22(33)28-19(6-4-15-32-28)12-11-18-13-14-24-27-25(18)29-21(8-5-17-34(29)31)20-7-3-10-23(35-24)26(20)27/h1-17H/q+2. The van der Waals surface area contributed by atoms with Crippen molar-refractivity contribution in [2.24, 2.45) is 0 Å². The second-order valence-corrected chi connectivity index (χ2v) is 11.6. The topological polar surface area (TPSA) is 20.6 Å². The number of fused-ring (bicyclic) bond motifs is 3. The fraction of sp³-hybridized carbons (Fsp3) is 0. The first-order valence-corrected chi connectivity index (χ1v) is 14.0. The number of hydrogen-bond acceptors (Lipinski definition) is 2. The first-order valence-electron chi connectivity index (χ1n) is 11.2. The van der Waals surface area contributed by atoms with Crippen LogP contribution in [0.1, 0.15) is 11.1 Å². The van der Waals surface area contributed by atoms with Crippen LogP contribution in [0.25, 0.3) is 65.4 Å². The van der Waals surface area contributed by atoms with Gasteiger partial charge in [0, 0.05) is 50.1 Å². The van der Waals surface area contributed by atoms with Crippen molar-refractivity contribution in [2.45, 2.75) is 0 Å². The Labute approximate surface area is 233 Å². The van der Waals surface area contributed by atoms with E-state index < -0.39 is 0 Å². The molecular weight excluding hydrogens is 676 g/mol. The lowest BCUT2D eigenvalue weighted by atomic mass is 9.94. The van der Waals surface area contributed by atoms with E-state index >= 15 is 0 Å². The molecule has 3 aromatic carbocycles. The molecule has 0 N–H and O–H groups in total. The highest BCUT2D eigenvalue weighted by atomic mass is 127. The van der Waals surface area contributed by atoms with Crippen molar-refractivity contribution < 1.29 is 5.56 Å². The zero-order valence-corrected chi connectivity index (χ0v) is 23.5. The van der Waals surface area contributed by atoms with Gasteiger partial charge in [-0.25, -0.2) is 4.98 Å². The van der Waals surface area contributed by atoms with Crippen LogP contribution in [0.3, 0.4) is 0 Å². The molecule has 4 aromatic heterocycles. The van der Waals surface area contributed by atoms with Crippen LogP contribution in [0.5, 0.6) is 0 Å². The lowest BCUT2D eigenvalue weighted by molar-refractivity contribution is -0.427. The third-order valence-electron chi connectivity index (χ3n) is 6.51. The van der Waals surface area contributed by atoms with Gasteiger partial charge >= 0.3 is 45.7 Å². The van der Waals surface area contributed by atoms with Crippen molar-refractivity contribution in [3.05, 3.63) is 103 Å². The number of aromatic nitrogens is 3. The maximum Gasteiger partial charge on any atom is 0.354 e. The molecule has 0 fully saturated rings. The highest BCUT2D eigenvalue weighted by molar-refractivity contribution is 14.1. The third-order valence-corrected chi connectivity index (χ3v) is 9.27. The maximum absolute atomic E-state index is 4.73. The highest BCUT2D eigenvalue weighted by Gasteiger charge is 2.22. The molecule has 0 aliphatic carbocycles. The summed E-state index contributed by atoms with van der Waals surface area (Å²) in [6, 6.07) is 25.9. The molecule has 0 saturated carbocycles. The summed E-state index contributed by atoms with van der Waals surface area (Å²) in [6.07, 6.45) is 10.5. The summed E-state index contributed by atoms with van der Waals surface area (Å²) in [7, 11) is 0. The fourth-order valence-corrected chi connectivity index (χ4v) is 7.44. The Kier molecular flexibility index (Phi) is 5.22. The largest absolute Gasteiger partial charge is 0.354 e. The molecule has 0 unspecified atom stereocenters. The number of nitrogens with zero attached hydrogens (tertiary/aromatic N) is 3. The van der Waals surface area contributed by atoms with Crippen molar-refractivity contribution in [1.29, 1.82) is 0 Å². The summed E-state index contributed by atoms with van der Waals surface area (Å²) in [5.74, 6) is 0. The molecule has 35 heavy (non-hydrogen) atoms. The van der Waals surface area contributed by atoms with Gasteiger partial charge in [-0.05, 0) is 41.3 Å². The van der Waals surface area contributed by atoms with Crippen LogP contribution in [0.2, 0.25) is 0 Å². The second kappa shape index (κ2) is 8.46. The zero-order valence-electron chi connectivity index (χ0n) is 18.3. The second-order valence-electron chi connectivity index (χ2n) is 8.44. The van der Waals surface area contributed by atoms with E-state index in [1.807, 2.05) is 35.9 Å². The quantitative estimate of drug-likeness (QED) is 0.136. The van der Waals surface area contributed by atoms with Gasteiger partial charge in [-0.3, -0.25) is 0 Å². The summed E-state index contributed by atoms with van der Waals surface area (Å²) in [6.45, 7) is 0. The molecule has 0 aliphatic rings. The van der Waals surface area contributed by atoms with Gasteiger partial charge in [0.1, 0.15) is 5.69 Å². The van der Waals surface area contributed by atoms with E-state index in [1.54, 1.807) is 0 Å². The molecule has 3 nitrogen and oxygen atoms in total. The molecule has 7 rings (SSSR count). The summed E-state index contributed by atoms with van der Waals surface area (Å²) in [5, 5.41) is 6.67. The van der Waals surface area contributed by atoms with E-state index in [0.29, 0.717) is 0 Å². The van der Waals surface area contributed by atoms with E-state index in [4.69, 9.17) is 4.98 Å². The Balaban J connectivity index is 1.52. The Morgan fingerprint density at radius 2 is 1.49 bits per heavy atom. The van der Waals surface area contributed by atoms with Gasteiger partial charge in [-0.1, -0.05) is 36.4 Å². The molecular formula is C29H17I2N3S+2. The van der Waals surface area contributed by atoms with Gasteiger partial charge in [0.2, 0.25) is 11.2 Å². The fourth-order valence-electron chi connectivity index (χ4n) is 5.04. The number of pyridine rings is 3. The van der Waals surface area contributed by atoms with Gasteiger partial charge in [0.25, 0.3) is 0 Å². The molecule has 6 heteroatoms. The number of halogens is 2. The van der Waals surface area contributed by atoms with Gasteiger partial charge < -0.3 is 0 Å². The number of benzene rings is 3. The van der Waals surface area contributed by atoms with E-state index in [0.717, 1.165) is 17.0 Å². The minimum absolute atomic E-state index is 0.973. The molecule has 0 bridgehead atoms. The average molecular weight is 693 g/mol. The maximum atomic E-state index is 4.73. The summed E-state index contributed by atoms with van der Waals surface area (Å²) in [4.78, 5) is 4.73. The van der Waals surface area contributed by atoms with Crippen molar-refractivity contribution in [3.63, 3.8) is 0 Å². The number of thiophene rings is 1. The molecule has 0 spiro atoms. The first kappa shape index (κ1) is 21.6. The Morgan fingerprint density at radius 1 is 0.657 bits per heavy atom. The predicted molar refractivity (Wildman–Crippen MR) is 163 cm³/mol. The molecule has 4 heterocycles. The molecule has 0 atom stereocenters. The monoisotopic (exact) mass is 693 g/mol. The summed E-state index contributed by atoms with van der Waals surface area (Å²) < 4.78 is 7.00. The van der Waals surface area contributed by atoms with Gasteiger partial charge in [0.15, 0.2) is 12.4 Å². The van der Waals surface area contributed by atoms with E-state index in [9.17, 15) is 0 Å². The Hall–Kier alpha value is -2.69. The normalized spacial score (nSPS) is 12.2. The summed E-state index contributed by atoms with van der Waals surface area (Å²) >= 11 is 6.60. The van der Waals surface area contributed by atoms with Crippen molar-refractivity contribution in [3.8, 4) is 11.4 Å². The van der Waals surface area contributed by atoms with Crippen molar-refractivity contribution >= 4 is 111 Å². The highest BCUT2D eigenvalue weighted by Crippen LogP contribution is 2.45. The Morgan fingerprint density at radius 3 is 2.40 bits per heavy atom. The lowest BCUT2D eigenvalue weighted by Crippen LogP contribution is -2.22. The van der Waals surface area contributed by atoms with Crippen LogP contribution >= 0.6 is 57.1 Å². The van der Waals surface area contributed by atoms with Crippen LogP contribution in [0.15, 0.2) is 91.4 Å². The van der Waals surface area contributed by atoms with Crippen LogP contribution in [-0.2, 0) is 0 Å². The van der Waals surface area contributed by atoms with Crippen LogP contribution in [0, 0.1) is 0 Å². The minimum Gasteiger partial charge on any atom is -0.249 e. The lowest BCUT2D eigenvalue weighted by Gasteiger charge is -2.09. The van der Waals surface area contributed by atoms with Crippen LogP contribution in [0.4, 0.5) is 0 Å². The number of hydrogen-bond donors (Lipinski definition) is 0. The molecule has 0 amide bonds. The van der Waals surface area contributed by atoms with Gasteiger partial charge in [-0.15, -0.1) is 16.9 Å². The van der Waals surface area contributed by atoms with E-state index in [1.165, 1.54) is 47.4 Å². The van der Waals surface area contributed by atoms with Crippen LogP contribution in [-0.4, -0.2) is 4.98 Å². The third kappa shape index (κ3) is 3.37. The Bertz CT molecular complexity index is 1940. The zero-order chi connectivity index (χ0) is 23.5. The smallest absolute Gasteiger partial charge is 0.249 e. The summed E-state index contributed by atoms with van der Waals surface area (Å²) in [5.41, 5.74) is 5.62. The SMILES string of the molecule is I[n+]1ccccc1-c1ncccc1/C=C/c1ccc2sc3cccc4c5ccc[n+](I)c5c1c2c34. The van der Waals surface area contributed by atoms with Crippen LogP contribution < -0.4 is 5.56 Å².